The maximum Gasteiger partial charge on any atom is 0.469 e. The highest BCUT2D eigenvalue weighted by atomic mass is 31.2. The average Bonchev–Trinajstić information content (AvgIpc) is 2.45. The van der Waals surface area contributed by atoms with Crippen LogP contribution in [0.3, 0.4) is 0 Å². The molecule has 0 aliphatic heterocycles. The maximum atomic E-state index is 10.8. The van der Waals surface area contributed by atoms with E-state index in [0.29, 0.717) is 43.2 Å². The Bertz CT molecular complexity index is 520. The van der Waals surface area contributed by atoms with Crippen LogP contribution in [0.2, 0.25) is 0 Å². The van der Waals surface area contributed by atoms with E-state index in [1.54, 1.807) is 6.92 Å². The van der Waals surface area contributed by atoms with Crippen molar-refractivity contribution >= 4 is 7.82 Å². The minimum atomic E-state index is -4.60. The average molecular weight is 336 g/mol. The summed E-state index contributed by atoms with van der Waals surface area (Å²) in [6, 6.07) is 0. The van der Waals surface area contributed by atoms with Gasteiger partial charge in [-0.1, -0.05) is 0 Å². The molecule has 5 N–H and O–H groups in total. The molecule has 0 fully saturated rings. The second kappa shape index (κ2) is 9.16. The molecule has 22 heavy (non-hydrogen) atoms. The van der Waals surface area contributed by atoms with E-state index >= 15 is 0 Å². The predicted octanol–water partition coefficient (Wildman–Crippen LogP) is 0.197. The summed E-state index contributed by atoms with van der Waals surface area (Å²) >= 11 is 0. The number of phosphoric acid groups is 1. The highest BCUT2D eigenvalue weighted by molar-refractivity contribution is 7.46. The van der Waals surface area contributed by atoms with Gasteiger partial charge in [-0.2, -0.15) is 0 Å². The largest absolute Gasteiger partial charge is 0.506 e. The van der Waals surface area contributed by atoms with Crippen LogP contribution in [0.15, 0.2) is 6.20 Å². The first-order valence-electron chi connectivity index (χ1n) is 6.57. The second-order valence-corrected chi connectivity index (χ2v) is 5.65. The molecule has 0 aromatic carbocycles. The van der Waals surface area contributed by atoms with Gasteiger partial charge < -0.3 is 30.1 Å². The molecule has 0 aliphatic rings. The Hall–Kier alpha value is -1.06. The fourth-order valence-electron chi connectivity index (χ4n) is 1.60. The highest BCUT2D eigenvalue weighted by Gasteiger charge is 2.18. The predicted molar refractivity (Wildman–Crippen MR) is 77.0 cm³/mol. The lowest BCUT2D eigenvalue weighted by Crippen LogP contribution is -2.12. The zero-order valence-electron chi connectivity index (χ0n) is 12.3. The van der Waals surface area contributed by atoms with E-state index in [-0.39, 0.29) is 19.0 Å². The number of pyridine rings is 1. The SMILES string of the molecule is Cc1ncc(COP(=O)(O)O)c(COCCOCCN)c1O. The van der Waals surface area contributed by atoms with E-state index < -0.39 is 7.82 Å². The molecule has 1 heterocycles. The van der Waals surface area contributed by atoms with Crippen molar-refractivity contribution in [2.75, 3.05) is 26.4 Å². The number of ether oxygens (including phenoxy) is 2. The summed E-state index contributed by atoms with van der Waals surface area (Å²) in [7, 11) is -4.60. The Morgan fingerprint density at radius 3 is 2.55 bits per heavy atom. The van der Waals surface area contributed by atoms with Gasteiger partial charge in [0.2, 0.25) is 0 Å². The Morgan fingerprint density at radius 2 is 1.91 bits per heavy atom. The molecule has 10 heteroatoms. The molecular formula is C12H21N2O7P. The van der Waals surface area contributed by atoms with E-state index in [1.807, 2.05) is 0 Å². The van der Waals surface area contributed by atoms with Crippen LogP contribution >= 0.6 is 7.82 Å². The van der Waals surface area contributed by atoms with Crippen molar-refractivity contribution in [3.05, 3.63) is 23.0 Å². The lowest BCUT2D eigenvalue weighted by atomic mass is 10.1. The van der Waals surface area contributed by atoms with Crippen LogP contribution in [0.5, 0.6) is 5.75 Å². The number of phosphoric ester groups is 1. The molecule has 0 bridgehead atoms. The van der Waals surface area contributed by atoms with E-state index in [4.69, 9.17) is 25.0 Å². The van der Waals surface area contributed by atoms with Crippen molar-refractivity contribution in [1.82, 2.24) is 4.98 Å². The number of hydrogen-bond acceptors (Lipinski definition) is 7. The van der Waals surface area contributed by atoms with Gasteiger partial charge in [0.15, 0.2) is 0 Å². The van der Waals surface area contributed by atoms with Crippen LogP contribution in [0.25, 0.3) is 0 Å². The molecule has 1 aromatic rings. The number of rotatable bonds is 10. The smallest absolute Gasteiger partial charge is 0.469 e. The third kappa shape index (κ3) is 6.80. The van der Waals surface area contributed by atoms with E-state index in [0.717, 1.165) is 0 Å². The van der Waals surface area contributed by atoms with Crippen molar-refractivity contribution in [2.45, 2.75) is 20.1 Å². The monoisotopic (exact) mass is 336 g/mol. The Kier molecular flexibility index (Phi) is 7.91. The van der Waals surface area contributed by atoms with Gasteiger partial charge in [-0.25, -0.2) is 4.57 Å². The van der Waals surface area contributed by atoms with Crippen LogP contribution in [0.1, 0.15) is 16.8 Å². The van der Waals surface area contributed by atoms with Crippen LogP contribution in [0, 0.1) is 6.92 Å². The number of aryl methyl sites for hydroxylation is 1. The molecule has 1 rings (SSSR count). The van der Waals surface area contributed by atoms with Crippen LogP contribution < -0.4 is 5.73 Å². The summed E-state index contributed by atoms with van der Waals surface area (Å²) in [5.74, 6) is -0.0883. The van der Waals surface area contributed by atoms with Gasteiger partial charge in [-0.05, 0) is 6.92 Å². The van der Waals surface area contributed by atoms with Crippen LogP contribution in [-0.4, -0.2) is 46.2 Å². The molecule has 1 aromatic heterocycles. The lowest BCUT2D eigenvalue weighted by molar-refractivity contribution is 0.0420. The minimum absolute atomic E-state index is 0.0427. The van der Waals surface area contributed by atoms with Gasteiger partial charge in [-0.15, -0.1) is 0 Å². The standard InChI is InChI=1S/C12H21N2O7P/c1-9-12(15)11(8-20-5-4-19-3-2-13)10(6-14-9)7-21-22(16,17)18/h6,15H,2-5,7-8,13H2,1H3,(H2,16,17,18). The summed E-state index contributed by atoms with van der Waals surface area (Å²) in [5, 5.41) is 10.0. The molecule has 0 aliphatic carbocycles. The molecule has 0 unspecified atom stereocenters. The summed E-state index contributed by atoms with van der Waals surface area (Å²) < 4.78 is 25.7. The first-order valence-corrected chi connectivity index (χ1v) is 8.10. The Morgan fingerprint density at radius 1 is 1.23 bits per heavy atom. The zero-order valence-corrected chi connectivity index (χ0v) is 13.2. The molecule has 0 saturated carbocycles. The number of nitrogens with two attached hydrogens (primary N) is 1. The fraction of sp³-hybridized carbons (Fsp3) is 0.583. The summed E-state index contributed by atoms with van der Waals surface area (Å²) in [5.41, 5.74) is 6.38. The number of aromatic nitrogens is 1. The van der Waals surface area contributed by atoms with Gasteiger partial charge in [0, 0.05) is 23.9 Å². The molecule has 0 radical (unpaired) electrons. The number of hydrogen-bond donors (Lipinski definition) is 4. The highest BCUT2D eigenvalue weighted by Crippen LogP contribution is 2.38. The molecule has 0 atom stereocenters. The minimum Gasteiger partial charge on any atom is -0.506 e. The van der Waals surface area contributed by atoms with E-state index in [1.165, 1.54) is 6.20 Å². The third-order valence-corrected chi connectivity index (χ3v) is 3.16. The molecule has 0 saturated heterocycles. The van der Waals surface area contributed by atoms with E-state index in [9.17, 15) is 9.67 Å². The summed E-state index contributed by atoms with van der Waals surface area (Å²) in [6.45, 7) is 2.78. The van der Waals surface area contributed by atoms with Crippen molar-refractivity contribution in [3.63, 3.8) is 0 Å². The maximum absolute atomic E-state index is 10.8. The van der Waals surface area contributed by atoms with Crippen molar-refractivity contribution in [3.8, 4) is 5.75 Å². The molecule has 9 nitrogen and oxygen atoms in total. The third-order valence-electron chi connectivity index (χ3n) is 2.70. The zero-order chi connectivity index (χ0) is 16.6. The molecule has 126 valence electrons. The Labute approximate surface area is 128 Å². The van der Waals surface area contributed by atoms with Gasteiger partial charge in [0.1, 0.15) is 5.75 Å². The van der Waals surface area contributed by atoms with Gasteiger partial charge >= 0.3 is 7.82 Å². The van der Waals surface area contributed by atoms with E-state index in [2.05, 4.69) is 9.51 Å². The number of nitrogens with zero attached hydrogens (tertiary/aromatic N) is 1. The fourth-order valence-corrected chi connectivity index (χ4v) is 1.91. The molecule has 0 spiro atoms. The first kappa shape index (κ1) is 19.0. The molecule has 0 amide bonds. The number of aromatic hydroxyl groups is 1. The quantitative estimate of drug-likeness (QED) is 0.348. The topological polar surface area (TPSA) is 144 Å². The van der Waals surface area contributed by atoms with Crippen molar-refractivity contribution in [1.29, 1.82) is 0 Å². The van der Waals surface area contributed by atoms with Crippen LogP contribution in [-0.2, 0) is 31.8 Å². The Balaban J connectivity index is 2.65. The van der Waals surface area contributed by atoms with Crippen molar-refractivity contribution in [2.24, 2.45) is 5.73 Å². The second-order valence-electron chi connectivity index (χ2n) is 4.41. The van der Waals surface area contributed by atoms with Gasteiger partial charge in [-0.3, -0.25) is 9.51 Å². The van der Waals surface area contributed by atoms with Crippen LogP contribution in [0.4, 0.5) is 0 Å². The lowest BCUT2D eigenvalue weighted by Gasteiger charge is -2.14. The van der Waals surface area contributed by atoms with Gasteiger partial charge in [0.05, 0.1) is 38.7 Å². The molecular weight excluding hydrogens is 315 g/mol. The summed E-state index contributed by atoms with van der Waals surface area (Å²) in [4.78, 5) is 21.4. The normalized spacial score (nSPS) is 11.8. The van der Waals surface area contributed by atoms with Crippen molar-refractivity contribution < 1.29 is 33.5 Å². The summed E-state index contributed by atoms with van der Waals surface area (Å²) in [6.07, 6.45) is 1.38. The first-order chi connectivity index (χ1) is 10.3. The van der Waals surface area contributed by atoms with Gasteiger partial charge in [0.25, 0.3) is 0 Å².